The number of hydrogen-bond donors (Lipinski definition) is 2. The number of benzene rings is 1. The summed E-state index contributed by atoms with van der Waals surface area (Å²) in [4.78, 5) is 3.34. The number of hydrogen-bond acceptors (Lipinski definition) is 4. The highest BCUT2D eigenvalue weighted by Crippen LogP contribution is 2.23. The average Bonchev–Trinajstić information content (AvgIpc) is 3.14. The number of methoxy groups -OCH3 is 1. The Morgan fingerprint density at radius 2 is 2.22 bits per heavy atom. The van der Waals surface area contributed by atoms with Gasteiger partial charge in [0.2, 0.25) is 10.0 Å². The van der Waals surface area contributed by atoms with Crippen molar-refractivity contribution in [3.8, 4) is 5.75 Å². The van der Waals surface area contributed by atoms with Gasteiger partial charge in [-0.25, -0.2) is 13.1 Å². The Balaban J connectivity index is 1.71. The van der Waals surface area contributed by atoms with Crippen LogP contribution in [-0.2, 0) is 23.5 Å². The molecule has 0 unspecified atom stereocenters. The Bertz CT molecular complexity index is 927. The first-order valence-electron chi connectivity index (χ1n) is 7.12. The fourth-order valence-electron chi connectivity index (χ4n) is 2.43. The highest BCUT2D eigenvalue weighted by atomic mass is 32.2. The molecule has 3 aromatic rings. The maximum atomic E-state index is 12.1. The van der Waals surface area contributed by atoms with Crippen molar-refractivity contribution in [2.45, 2.75) is 11.3 Å². The molecule has 8 heteroatoms. The van der Waals surface area contributed by atoms with Crippen LogP contribution in [0, 0.1) is 0 Å². The Morgan fingerprint density at radius 3 is 2.91 bits per heavy atom. The van der Waals surface area contributed by atoms with Crippen LogP contribution < -0.4 is 9.46 Å². The monoisotopic (exact) mass is 334 g/mol. The fourth-order valence-corrected chi connectivity index (χ4v) is 3.45. The molecule has 0 aliphatic heterocycles. The third kappa shape index (κ3) is 3.22. The number of nitrogens with zero attached hydrogens (tertiary/aromatic N) is 2. The SMILES string of the molecule is COc1ccc2[nH]cc(CCNS(=O)(=O)c3cnn(C)c3)c2c1. The van der Waals surface area contributed by atoms with Gasteiger partial charge in [0.1, 0.15) is 10.6 Å². The molecule has 122 valence electrons. The summed E-state index contributed by atoms with van der Waals surface area (Å²) in [5.41, 5.74) is 2.03. The lowest BCUT2D eigenvalue weighted by Gasteiger charge is -2.05. The zero-order valence-electron chi connectivity index (χ0n) is 12.9. The molecule has 0 atom stereocenters. The quantitative estimate of drug-likeness (QED) is 0.714. The lowest BCUT2D eigenvalue weighted by atomic mass is 10.1. The second-order valence-corrected chi connectivity index (χ2v) is 6.99. The van der Waals surface area contributed by atoms with E-state index in [2.05, 4.69) is 14.8 Å². The van der Waals surface area contributed by atoms with Gasteiger partial charge < -0.3 is 9.72 Å². The van der Waals surface area contributed by atoms with Crippen molar-refractivity contribution in [2.24, 2.45) is 7.05 Å². The predicted molar refractivity (Wildman–Crippen MR) is 87.0 cm³/mol. The van der Waals surface area contributed by atoms with Crippen LogP contribution in [0.1, 0.15) is 5.56 Å². The van der Waals surface area contributed by atoms with E-state index in [1.807, 2.05) is 24.4 Å². The van der Waals surface area contributed by atoms with Gasteiger partial charge in [0.15, 0.2) is 0 Å². The summed E-state index contributed by atoms with van der Waals surface area (Å²) in [7, 11) is -0.228. The van der Waals surface area contributed by atoms with Crippen molar-refractivity contribution in [3.05, 3.63) is 42.4 Å². The summed E-state index contributed by atoms with van der Waals surface area (Å²) >= 11 is 0. The van der Waals surface area contributed by atoms with Gasteiger partial charge in [0.05, 0.1) is 13.3 Å². The van der Waals surface area contributed by atoms with Crippen LogP contribution in [-0.4, -0.2) is 36.8 Å². The predicted octanol–water partition coefficient (Wildman–Crippen LogP) is 1.43. The largest absolute Gasteiger partial charge is 0.497 e. The van der Waals surface area contributed by atoms with Gasteiger partial charge in [0.25, 0.3) is 0 Å². The van der Waals surface area contributed by atoms with E-state index in [1.165, 1.54) is 17.1 Å². The van der Waals surface area contributed by atoms with Gasteiger partial charge in [-0.15, -0.1) is 0 Å². The van der Waals surface area contributed by atoms with E-state index in [1.54, 1.807) is 14.2 Å². The zero-order valence-corrected chi connectivity index (χ0v) is 13.7. The van der Waals surface area contributed by atoms with Crippen LogP contribution in [0.5, 0.6) is 5.75 Å². The van der Waals surface area contributed by atoms with E-state index in [9.17, 15) is 8.42 Å². The summed E-state index contributed by atoms with van der Waals surface area (Å²) < 4.78 is 33.6. The molecular formula is C15H18N4O3S. The van der Waals surface area contributed by atoms with Gasteiger partial charge in [-0.1, -0.05) is 0 Å². The first-order valence-corrected chi connectivity index (χ1v) is 8.60. The van der Waals surface area contributed by atoms with Crippen molar-refractivity contribution in [3.63, 3.8) is 0 Å². The Labute approximate surface area is 134 Å². The molecule has 1 aromatic carbocycles. The molecule has 23 heavy (non-hydrogen) atoms. The molecule has 3 rings (SSSR count). The van der Waals surface area contributed by atoms with Gasteiger partial charge >= 0.3 is 0 Å². The number of aromatic nitrogens is 3. The van der Waals surface area contributed by atoms with Gasteiger partial charge in [-0.2, -0.15) is 5.10 Å². The summed E-state index contributed by atoms with van der Waals surface area (Å²) in [5, 5.41) is 4.91. The fraction of sp³-hybridized carbons (Fsp3) is 0.267. The molecule has 2 N–H and O–H groups in total. The molecule has 7 nitrogen and oxygen atoms in total. The van der Waals surface area contributed by atoms with Crippen molar-refractivity contribution in [1.29, 1.82) is 0 Å². The minimum absolute atomic E-state index is 0.167. The van der Waals surface area contributed by atoms with Gasteiger partial charge in [0, 0.05) is 36.9 Å². The molecule has 0 aliphatic carbocycles. The third-order valence-corrected chi connectivity index (χ3v) is 5.07. The van der Waals surface area contributed by atoms with Gasteiger partial charge in [-0.05, 0) is 30.2 Å². The van der Waals surface area contributed by atoms with E-state index >= 15 is 0 Å². The second kappa shape index (κ2) is 6.05. The van der Waals surface area contributed by atoms with Crippen LogP contribution in [0.2, 0.25) is 0 Å². The molecule has 0 aliphatic rings. The highest BCUT2D eigenvalue weighted by molar-refractivity contribution is 7.89. The standard InChI is InChI=1S/C15H18N4O3S/c1-19-10-13(9-17-19)23(20,21)18-6-5-11-8-16-15-4-3-12(22-2)7-14(11)15/h3-4,7-10,16,18H,5-6H2,1-2H3. The summed E-state index contributed by atoms with van der Waals surface area (Å²) in [5.74, 6) is 0.772. The molecule has 0 radical (unpaired) electrons. The lowest BCUT2D eigenvalue weighted by Crippen LogP contribution is -2.25. The molecule has 0 bridgehead atoms. The summed E-state index contributed by atoms with van der Waals surface area (Å²) in [6.45, 7) is 0.307. The zero-order chi connectivity index (χ0) is 16.4. The molecule has 2 heterocycles. The second-order valence-electron chi connectivity index (χ2n) is 5.22. The molecular weight excluding hydrogens is 316 g/mol. The van der Waals surface area contributed by atoms with Gasteiger partial charge in [-0.3, -0.25) is 4.68 Å². The van der Waals surface area contributed by atoms with Crippen LogP contribution >= 0.6 is 0 Å². The Hall–Kier alpha value is -2.32. The molecule has 0 saturated heterocycles. The number of rotatable bonds is 6. The van der Waals surface area contributed by atoms with Crippen LogP contribution in [0.15, 0.2) is 41.7 Å². The molecule has 2 aromatic heterocycles. The van der Waals surface area contributed by atoms with Crippen molar-refractivity contribution < 1.29 is 13.2 Å². The molecule has 0 fully saturated rings. The van der Waals surface area contributed by atoms with E-state index in [0.29, 0.717) is 13.0 Å². The lowest BCUT2D eigenvalue weighted by molar-refractivity contribution is 0.415. The van der Waals surface area contributed by atoms with Crippen molar-refractivity contribution >= 4 is 20.9 Å². The average molecular weight is 334 g/mol. The summed E-state index contributed by atoms with van der Waals surface area (Å²) in [6, 6.07) is 5.77. The highest BCUT2D eigenvalue weighted by Gasteiger charge is 2.15. The Morgan fingerprint density at radius 1 is 1.39 bits per heavy atom. The molecule has 0 saturated carbocycles. The first-order chi connectivity index (χ1) is 11.0. The smallest absolute Gasteiger partial charge is 0.243 e. The van der Waals surface area contributed by atoms with Crippen molar-refractivity contribution in [1.82, 2.24) is 19.5 Å². The van der Waals surface area contributed by atoms with E-state index in [4.69, 9.17) is 4.74 Å². The maximum Gasteiger partial charge on any atom is 0.243 e. The Kier molecular flexibility index (Phi) is 4.10. The number of nitrogens with one attached hydrogen (secondary N) is 2. The van der Waals surface area contributed by atoms with Crippen LogP contribution in [0.25, 0.3) is 10.9 Å². The molecule has 0 spiro atoms. The number of aromatic amines is 1. The topological polar surface area (TPSA) is 89.0 Å². The number of H-pyrrole nitrogens is 1. The number of aryl methyl sites for hydroxylation is 1. The van der Waals surface area contributed by atoms with Crippen LogP contribution in [0.3, 0.4) is 0 Å². The first kappa shape index (κ1) is 15.6. The number of ether oxygens (including phenoxy) is 1. The minimum atomic E-state index is -3.53. The third-order valence-electron chi connectivity index (χ3n) is 3.65. The minimum Gasteiger partial charge on any atom is -0.497 e. The number of sulfonamides is 1. The van der Waals surface area contributed by atoms with E-state index in [-0.39, 0.29) is 4.90 Å². The van der Waals surface area contributed by atoms with Crippen molar-refractivity contribution in [2.75, 3.05) is 13.7 Å². The van der Waals surface area contributed by atoms with E-state index in [0.717, 1.165) is 22.2 Å². The van der Waals surface area contributed by atoms with Crippen LogP contribution in [0.4, 0.5) is 0 Å². The number of fused-ring (bicyclic) bond motifs is 1. The maximum absolute atomic E-state index is 12.1. The van der Waals surface area contributed by atoms with E-state index < -0.39 is 10.0 Å². The molecule has 0 amide bonds. The normalized spacial score (nSPS) is 11.9. The summed E-state index contributed by atoms with van der Waals surface area (Å²) in [6.07, 6.45) is 5.27.